The number of carbonyl (C=O) groups excluding carboxylic acids is 1. The zero-order valence-corrected chi connectivity index (χ0v) is 9.90. The Morgan fingerprint density at radius 2 is 2.24 bits per heavy atom. The van der Waals surface area contributed by atoms with Gasteiger partial charge in [0.1, 0.15) is 12.4 Å². The minimum Gasteiger partial charge on any atom is -0.497 e. The van der Waals surface area contributed by atoms with E-state index in [0.717, 1.165) is 6.08 Å². The molecule has 0 fully saturated rings. The highest BCUT2D eigenvalue weighted by atomic mass is 19.1. The Hall–Kier alpha value is -1.84. The quantitative estimate of drug-likeness (QED) is 0.584. The van der Waals surface area contributed by atoms with Gasteiger partial charge in [-0.3, -0.25) is 0 Å². The van der Waals surface area contributed by atoms with Crippen LogP contribution in [0, 0.1) is 0 Å². The van der Waals surface area contributed by atoms with Crippen LogP contribution < -0.4 is 4.74 Å². The lowest BCUT2D eigenvalue weighted by Crippen LogP contribution is -2.02. The topological polar surface area (TPSA) is 35.5 Å². The molecule has 0 radical (unpaired) electrons. The molecule has 0 amide bonds. The van der Waals surface area contributed by atoms with Crippen LogP contribution in [-0.4, -0.2) is 26.4 Å². The zero-order chi connectivity index (χ0) is 12.7. The van der Waals surface area contributed by atoms with Crippen LogP contribution in [0.5, 0.6) is 5.75 Å². The standard InChI is InChI=1S/C13H15FO3/c1-3-17-13(15)8-11(9-14)10-5-4-6-12(7-10)16-2/h4-8H,3,9H2,1-2H3. The van der Waals surface area contributed by atoms with Crippen molar-refractivity contribution in [1.29, 1.82) is 0 Å². The first-order chi connectivity index (χ1) is 8.21. The minimum atomic E-state index is -0.730. The molecule has 0 aromatic heterocycles. The highest BCUT2D eigenvalue weighted by molar-refractivity contribution is 5.91. The fourth-order valence-electron chi connectivity index (χ4n) is 1.35. The van der Waals surface area contributed by atoms with Gasteiger partial charge in [-0.1, -0.05) is 12.1 Å². The Labute approximate surface area is 99.9 Å². The summed E-state index contributed by atoms with van der Waals surface area (Å²) in [5.74, 6) is 0.0775. The summed E-state index contributed by atoms with van der Waals surface area (Å²) in [5, 5.41) is 0. The number of alkyl halides is 1. The molecule has 1 aromatic rings. The van der Waals surface area contributed by atoms with Gasteiger partial charge in [0.25, 0.3) is 0 Å². The summed E-state index contributed by atoms with van der Waals surface area (Å²) in [6.45, 7) is 1.24. The average molecular weight is 238 g/mol. The van der Waals surface area contributed by atoms with Crippen LogP contribution >= 0.6 is 0 Å². The molecule has 17 heavy (non-hydrogen) atoms. The Balaban J connectivity index is 2.96. The maximum absolute atomic E-state index is 12.9. The predicted molar refractivity (Wildman–Crippen MR) is 63.6 cm³/mol. The van der Waals surface area contributed by atoms with E-state index in [-0.39, 0.29) is 12.2 Å². The highest BCUT2D eigenvalue weighted by Crippen LogP contribution is 2.20. The summed E-state index contributed by atoms with van der Waals surface area (Å²) in [5.41, 5.74) is 0.891. The van der Waals surface area contributed by atoms with Gasteiger partial charge < -0.3 is 9.47 Å². The fraction of sp³-hybridized carbons (Fsp3) is 0.308. The second kappa shape index (κ2) is 6.68. The number of esters is 1. The van der Waals surface area contributed by atoms with Crippen LogP contribution in [0.25, 0.3) is 5.57 Å². The number of rotatable bonds is 5. The third-order valence-corrected chi connectivity index (χ3v) is 2.16. The van der Waals surface area contributed by atoms with Crippen molar-refractivity contribution >= 4 is 11.5 Å². The van der Waals surface area contributed by atoms with E-state index in [0.29, 0.717) is 11.3 Å². The molecular formula is C13H15FO3. The van der Waals surface area contributed by atoms with E-state index >= 15 is 0 Å². The van der Waals surface area contributed by atoms with E-state index in [4.69, 9.17) is 9.47 Å². The molecule has 0 heterocycles. The molecule has 0 N–H and O–H groups in total. The molecule has 4 heteroatoms. The molecule has 0 aliphatic rings. The molecule has 0 bridgehead atoms. The molecule has 3 nitrogen and oxygen atoms in total. The molecule has 0 unspecified atom stereocenters. The maximum atomic E-state index is 12.9. The zero-order valence-electron chi connectivity index (χ0n) is 9.90. The normalized spacial score (nSPS) is 11.1. The largest absolute Gasteiger partial charge is 0.497 e. The Morgan fingerprint density at radius 3 is 2.82 bits per heavy atom. The lowest BCUT2D eigenvalue weighted by atomic mass is 10.1. The molecule has 0 saturated heterocycles. The number of hydrogen-bond acceptors (Lipinski definition) is 3. The third kappa shape index (κ3) is 3.90. The van der Waals surface area contributed by atoms with Gasteiger partial charge in [-0.25, -0.2) is 9.18 Å². The van der Waals surface area contributed by atoms with Gasteiger partial charge in [-0.05, 0) is 30.2 Å². The highest BCUT2D eigenvalue weighted by Gasteiger charge is 2.06. The molecule has 0 atom stereocenters. The van der Waals surface area contributed by atoms with Gasteiger partial charge >= 0.3 is 5.97 Å². The maximum Gasteiger partial charge on any atom is 0.331 e. The lowest BCUT2D eigenvalue weighted by molar-refractivity contribution is -0.137. The van der Waals surface area contributed by atoms with E-state index in [9.17, 15) is 9.18 Å². The molecule has 0 aliphatic carbocycles. The summed E-state index contributed by atoms with van der Waals surface area (Å²) in [6, 6.07) is 6.88. The van der Waals surface area contributed by atoms with Crippen molar-refractivity contribution in [3.05, 3.63) is 35.9 Å². The van der Waals surface area contributed by atoms with E-state index in [1.165, 1.54) is 7.11 Å². The second-order valence-corrected chi connectivity index (χ2v) is 3.29. The summed E-state index contributed by atoms with van der Waals surface area (Å²) < 4.78 is 22.6. The van der Waals surface area contributed by atoms with Gasteiger partial charge in [-0.2, -0.15) is 0 Å². The van der Waals surface area contributed by atoms with Gasteiger partial charge in [0.15, 0.2) is 0 Å². The minimum absolute atomic E-state index is 0.271. The first kappa shape index (κ1) is 13.2. The van der Waals surface area contributed by atoms with E-state index in [1.54, 1.807) is 31.2 Å². The monoisotopic (exact) mass is 238 g/mol. The van der Waals surface area contributed by atoms with Crippen LogP contribution in [0.4, 0.5) is 4.39 Å². The molecule has 92 valence electrons. The number of allylic oxidation sites excluding steroid dienone is 1. The molecule has 1 aromatic carbocycles. The van der Waals surface area contributed by atoms with Gasteiger partial charge in [0.2, 0.25) is 0 Å². The van der Waals surface area contributed by atoms with Gasteiger partial charge in [0.05, 0.1) is 13.7 Å². The smallest absolute Gasteiger partial charge is 0.331 e. The second-order valence-electron chi connectivity index (χ2n) is 3.29. The van der Waals surface area contributed by atoms with E-state index in [2.05, 4.69) is 0 Å². The van der Waals surface area contributed by atoms with Crippen molar-refractivity contribution in [3.63, 3.8) is 0 Å². The number of ether oxygens (including phenoxy) is 2. The number of benzene rings is 1. The Morgan fingerprint density at radius 1 is 1.47 bits per heavy atom. The summed E-state index contributed by atoms with van der Waals surface area (Å²) in [6.07, 6.45) is 1.16. The summed E-state index contributed by atoms with van der Waals surface area (Å²) >= 11 is 0. The number of hydrogen-bond donors (Lipinski definition) is 0. The van der Waals surface area contributed by atoms with Gasteiger partial charge in [-0.15, -0.1) is 0 Å². The number of carbonyl (C=O) groups is 1. The van der Waals surface area contributed by atoms with Crippen molar-refractivity contribution in [3.8, 4) is 5.75 Å². The average Bonchev–Trinajstić information content (AvgIpc) is 2.36. The first-order valence-electron chi connectivity index (χ1n) is 5.29. The molecule has 0 saturated carbocycles. The van der Waals surface area contributed by atoms with E-state index < -0.39 is 12.6 Å². The van der Waals surface area contributed by atoms with Crippen LogP contribution in [0.2, 0.25) is 0 Å². The van der Waals surface area contributed by atoms with Crippen LogP contribution in [0.3, 0.4) is 0 Å². The van der Waals surface area contributed by atoms with Crippen molar-refractivity contribution in [1.82, 2.24) is 0 Å². The molecule has 0 spiro atoms. The van der Waals surface area contributed by atoms with Gasteiger partial charge in [0, 0.05) is 6.08 Å². The Kier molecular flexibility index (Phi) is 5.20. The number of halogens is 1. The molecular weight excluding hydrogens is 223 g/mol. The van der Waals surface area contributed by atoms with E-state index in [1.807, 2.05) is 0 Å². The Bertz CT molecular complexity index is 413. The van der Waals surface area contributed by atoms with Crippen molar-refractivity contribution in [2.24, 2.45) is 0 Å². The first-order valence-corrected chi connectivity index (χ1v) is 5.29. The predicted octanol–water partition coefficient (Wildman–Crippen LogP) is 2.61. The summed E-state index contributed by atoms with van der Waals surface area (Å²) in [4.78, 5) is 11.2. The van der Waals surface area contributed by atoms with Crippen LogP contribution in [-0.2, 0) is 9.53 Å². The SMILES string of the molecule is CCOC(=O)C=C(CF)c1cccc(OC)c1. The van der Waals surface area contributed by atoms with Crippen molar-refractivity contribution < 1.29 is 18.7 Å². The fourth-order valence-corrected chi connectivity index (χ4v) is 1.35. The van der Waals surface area contributed by atoms with Crippen molar-refractivity contribution in [2.45, 2.75) is 6.92 Å². The molecule has 1 rings (SSSR count). The van der Waals surface area contributed by atoms with Crippen molar-refractivity contribution in [2.75, 3.05) is 20.4 Å². The van der Waals surface area contributed by atoms with Crippen LogP contribution in [0.1, 0.15) is 12.5 Å². The molecule has 0 aliphatic heterocycles. The number of methoxy groups -OCH3 is 1. The summed E-state index contributed by atoms with van der Waals surface area (Å²) in [7, 11) is 1.53. The van der Waals surface area contributed by atoms with Crippen LogP contribution in [0.15, 0.2) is 30.3 Å². The third-order valence-electron chi connectivity index (χ3n) is 2.16. The lowest BCUT2D eigenvalue weighted by Gasteiger charge is -2.06.